The normalized spacial score (nSPS) is 34.6. The average Bonchev–Trinajstić information content (AvgIpc) is 3.62. The molecule has 4 aliphatic carbocycles. The number of amides is 1. The maximum Gasteiger partial charge on any atom is 0.318 e. The molecular weight excluding hydrogens is 614 g/mol. The zero-order chi connectivity index (χ0) is 35.3. The number of fused-ring (bicyclic) bond motifs is 5. The summed E-state index contributed by atoms with van der Waals surface area (Å²) in [6.45, 7) is 14.5. The second-order valence-corrected chi connectivity index (χ2v) is 17.6. The molecule has 276 valence electrons. The van der Waals surface area contributed by atoms with Crippen molar-refractivity contribution in [2.45, 2.75) is 157 Å². The van der Waals surface area contributed by atoms with Crippen LogP contribution in [-0.2, 0) is 28.7 Å². The van der Waals surface area contributed by atoms with Crippen LogP contribution in [0.25, 0.3) is 0 Å². The number of hydrogen-bond acceptors (Lipinski definition) is 6. The van der Waals surface area contributed by atoms with E-state index < -0.39 is 11.9 Å². The molecule has 7 heteroatoms. The van der Waals surface area contributed by atoms with Gasteiger partial charge in [0.15, 0.2) is 5.78 Å². The van der Waals surface area contributed by atoms with Gasteiger partial charge in [0.2, 0.25) is 5.91 Å². The second kappa shape index (κ2) is 16.4. The molecule has 0 bridgehead atoms. The zero-order valence-corrected chi connectivity index (χ0v) is 31.7. The van der Waals surface area contributed by atoms with E-state index in [2.05, 4.69) is 40.7 Å². The number of carbonyl (C=O) groups is 4. The van der Waals surface area contributed by atoms with E-state index in [-0.39, 0.29) is 48.9 Å². The first-order valence-electron chi connectivity index (χ1n) is 20.2. The molecule has 5 aliphatic rings. The predicted molar refractivity (Wildman–Crippen MR) is 192 cm³/mol. The lowest BCUT2D eigenvalue weighted by Crippen LogP contribution is -2.51. The monoisotopic (exact) mass is 681 g/mol. The molecule has 5 unspecified atom stereocenters. The maximum absolute atomic E-state index is 12.8. The van der Waals surface area contributed by atoms with Crippen molar-refractivity contribution in [2.75, 3.05) is 19.7 Å². The first kappa shape index (κ1) is 38.1. The van der Waals surface area contributed by atoms with E-state index in [0.29, 0.717) is 24.7 Å². The number of esters is 2. The first-order valence-corrected chi connectivity index (χ1v) is 20.2. The molecule has 49 heavy (non-hydrogen) atoms. The van der Waals surface area contributed by atoms with Crippen LogP contribution in [0.2, 0.25) is 0 Å². The molecule has 0 N–H and O–H groups in total. The van der Waals surface area contributed by atoms with Gasteiger partial charge in [0.05, 0.1) is 13.2 Å². The molecule has 5 rings (SSSR count). The highest BCUT2D eigenvalue weighted by atomic mass is 16.5. The van der Waals surface area contributed by atoms with Crippen LogP contribution >= 0.6 is 0 Å². The fourth-order valence-corrected chi connectivity index (χ4v) is 11.4. The summed E-state index contributed by atoms with van der Waals surface area (Å²) in [5, 5.41) is 0. The highest BCUT2D eigenvalue weighted by Crippen LogP contribution is 2.67. The summed E-state index contributed by atoms with van der Waals surface area (Å²) in [4.78, 5) is 51.0. The van der Waals surface area contributed by atoms with Crippen LogP contribution in [0.5, 0.6) is 0 Å². The van der Waals surface area contributed by atoms with Crippen molar-refractivity contribution in [3.63, 3.8) is 0 Å². The summed E-state index contributed by atoms with van der Waals surface area (Å²) in [6, 6.07) is 0. The van der Waals surface area contributed by atoms with E-state index in [9.17, 15) is 19.2 Å². The van der Waals surface area contributed by atoms with Crippen molar-refractivity contribution in [1.29, 1.82) is 0 Å². The molecule has 1 saturated heterocycles. The number of ketones is 1. The van der Waals surface area contributed by atoms with Gasteiger partial charge in [0.25, 0.3) is 0 Å². The van der Waals surface area contributed by atoms with Crippen LogP contribution in [0.3, 0.4) is 0 Å². The molecule has 1 aliphatic heterocycles. The number of Topliss-reactive ketones (excluding diaryl/α,β-unsaturated/α-hetero) is 1. The van der Waals surface area contributed by atoms with E-state index in [1.165, 1.54) is 56.3 Å². The SMILES string of the molecule is CCOC(=O)C1CN(C(=O)CCCCCCC(=O)O[C@H]2CC[C@@]3(C)C(=CCC4C3CC[C@@]3(C)C4CC[C@@H]3C(C)CCCC(C)C)C2)CC1=O. The topological polar surface area (TPSA) is 90.0 Å². The zero-order valence-electron chi connectivity index (χ0n) is 31.7. The summed E-state index contributed by atoms with van der Waals surface area (Å²) in [5.41, 5.74) is 2.33. The lowest BCUT2D eigenvalue weighted by Gasteiger charge is -2.58. The summed E-state index contributed by atoms with van der Waals surface area (Å²) in [7, 11) is 0. The highest BCUT2D eigenvalue weighted by Gasteiger charge is 2.59. The highest BCUT2D eigenvalue weighted by molar-refractivity contribution is 6.04. The van der Waals surface area contributed by atoms with Gasteiger partial charge in [-0.3, -0.25) is 19.2 Å². The molecule has 0 aromatic rings. The van der Waals surface area contributed by atoms with Crippen molar-refractivity contribution in [2.24, 2.45) is 52.3 Å². The number of unbranched alkanes of at least 4 members (excludes halogenated alkanes) is 3. The Morgan fingerprint density at radius 2 is 1.67 bits per heavy atom. The van der Waals surface area contributed by atoms with Crippen molar-refractivity contribution >= 4 is 23.6 Å². The third-order valence-corrected chi connectivity index (χ3v) is 14.1. The van der Waals surface area contributed by atoms with Gasteiger partial charge in [-0.25, -0.2) is 0 Å². The number of hydrogen-bond donors (Lipinski definition) is 0. The maximum atomic E-state index is 12.8. The Balaban J connectivity index is 1.02. The largest absolute Gasteiger partial charge is 0.465 e. The van der Waals surface area contributed by atoms with Crippen molar-refractivity contribution in [3.8, 4) is 0 Å². The first-order chi connectivity index (χ1) is 23.4. The molecule has 9 atom stereocenters. The molecule has 1 heterocycles. The summed E-state index contributed by atoms with van der Waals surface area (Å²) in [5.74, 6) is 3.17. The minimum Gasteiger partial charge on any atom is -0.465 e. The van der Waals surface area contributed by atoms with Gasteiger partial charge in [-0.2, -0.15) is 0 Å². The van der Waals surface area contributed by atoms with Gasteiger partial charge in [0.1, 0.15) is 12.0 Å². The number of likely N-dealkylation sites (tertiary alicyclic amines) is 1. The van der Waals surface area contributed by atoms with Crippen LogP contribution in [0.15, 0.2) is 11.6 Å². The van der Waals surface area contributed by atoms with Crippen LogP contribution in [0.4, 0.5) is 0 Å². The smallest absolute Gasteiger partial charge is 0.318 e. The molecule has 0 aromatic heterocycles. The Hall–Kier alpha value is -2.18. The molecule has 4 fully saturated rings. The minimum absolute atomic E-state index is 0.000918. The van der Waals surface area contributed by atoms with Crippen LogP contribution in [-0.4, -0.2) is 54.3 Å². The summed E-state index contributed by atoms with van der Waals surface area (Å²) >= 11 is 0. The van der Waals surface area contributed by atoms with E-state index in [4.69, 9.17) is 9.47 Å². The number of ether oxygens (including phenoxy) is 2. The molecule has 0 spiro atoms. The van der Waals surface area contributed by atoms with Crippen LogP contribution < -0.4 is 0 Å². The van der Waals surface area contributed by atoms with Gasteiger partial charge in [-0.15, -0.1) is 0 Å². The van der Waals surface area contributed by atoms with Gasteiger partial charge in [0, 0.05) is 25.8 Å². The third-order valence-electron chi connectivity index (χ3n) is 14.1. The standard InChI is InChI=1S/C42H67NO6/c1-7-48-40(47)33-26-43(27-37(33)44)38(45)15-10-8-9-11-16-39(46)49-31-21-23-41(5)30(25-31)17-18-32-35-20-19-34(29(4)14-12-13-28(2)3)42(35,6)24-22-36(32)41/h17,28-29,31-36H,7-16,18-27H2,1-6H3/t29?,31-,32?,33?,34+,35?,36?,41-,42+/m0/s1. The van der Waals surface area contributed by atoms with Crippen molar-refractivity contribution in [1.82, 2.24) is 4.90 Å². The lowest BCUT2D eigenvalue weighted by molar-refractivity contribution is -0.152. The quantitative estimate of drug-likeness (QED) is 0.0743. The van der Waals surface area contributed by atoms with E-state index in [1.54, 1.807) is 12.5 Å². The average molecular weight is 682 g/mol. The molecule has 1 amide bonds. The Morgan fingerprint density at radius 1 is 0.918 bits per heavy atom. The van der Waals surface area contributed by atoms with Crippen LogP contribution in [0, 0.1) is 52.3 Å². The summed E-state index contributed by atoms with van der Waals surface area (Å²) in [6.07, 6.45) is 20.5. The van der Waals surface area contributed by atoms with Crippen molar-refractivity contribution in [3.05, 3.63) is 11.6 Å². The predicted octanol–water partition coefficient (Wildman–Crippen LogP) is 8.87. The molecule has 7 nitrogen and oxygen atoms in total. The van der Waals surface area contributed by atoms with E-state index >= 15 is 0 Å². The number of allylic oxidation sites excluding steroid dienone is 1. The van der Waals surface area contributed by atoms with Crippen molar-refractivity contribution < 1.29 is 28.7 Å². The summed E-state index contributed by atoms with van der Waals surface area (Å²) < 4.78 is 11.0. The Morgan fingerprint density at radius 3 is 2.41 bits per heavy atom. The molecule has 0 aromatic carbocycles. The molecule has 3 saturated carbocycles. The Labute approximate surface area is 297 Å². The second-order valence-electron chi connectivity index (χ2n) is 17.6. The fourth-order valence-electron chi connectivity index (χ4n) is 11.4. The molecule has 0 radical (unpaired) electrons. The molecular formula is C42H67NO6. The van der Waals surface area contributed by atoms with Gasteiger partial charge >= 0.3 is 11.9 Å². The number of nitrogens with zero attached hydrogens (tertiary/aromatic N) is 1. The minimum atomic E-state index is -0.846. The number of carbonyl (C=O) groups excluding carboxylic acids is 4. The Kier molecular flexibility index (Phi) is 12.8. The van der Waals surface area contributed by atoms with E-state index in [0.717, 1.165) is 74.0 Å². The Bertz CT molecular complexity index is 1230. The number of rotatable bonds is 15. The van der Waals surface area contributed by atoms with Gasteiger partial charge in [-0.1, -0.05) is 78.4 Å². The van der Waals surface area contributed by atoms with Crippen LogP contribution in [0.1, 0.15) is 151 Å². The van der Waals surface area contributed by atoms with Gasteiger partial charge < -0.3 is 14.4 Å². The van der Waals surface area contributed by atoms with Gasteiger partial charge in [-0.05, 0) is 111 Å². The third kappa shape index (κ3) is 8.49. The fraction of sp³-hybridized carbons (Fsp3) is 0.857. The lowest BCUT2D eigenvalue weighted by atomic mass is 9.47. The van der Waals surface area contributed by atoms with E-state index in [1.807, 2.05) is 0 Å².